The predicted molar refractivity (Wildman–Crippen MR) is 336 cm³/mol. The second-order valence-electron chi connectivity index (χ2n) is 25.2. The minimum atomic E-state index is -5.19. The summed E-state index contributed by atoms with van der Waals surface area (Å²) in [6.45, 7) is 15.4. The maximum absolute atomic E-state index is 15.2. The second kappa shape index (κ2) is 33.3. The van der Waals surface area contributed by atoms with Crippen molar-refractivity contribution in [3.05, 3.63) is 81.4 Å². The number of benzene rings is 2. The van der Waals surface area contributed by atoms with Crippen molar-refractivity contribution in [1.82, 2.24) is 15.5 Å². The van der Waals surface area contributed by atoms with Crippen LogP contribution in [0.15, 0.2) is 54.1 Å². The van der Waals surface area contributed by atoms with Gasteiger partial charge in [0.2, 0.25) is 11.8 Å². The Balaban J connectivity index is 1.37. The number of carbonyl (C=O) groups is 9. The highest BCUT2D eigenvalue weighted by molar-refractivity contribution is 6.35. The number of amides is 5. The lowest BCUT2D eigenvalue weighted by Gasteiger charge is -2.41. The van der Waals surface area contributed by atoms with Crippen LogP contribution >= 0.6 is 11.6 Å². The van der Waals surface area contributed by atoms with Crippen LogP contribution in [0.1, 0.15) is 166 Å². The average molecular weight is 1320 g/mol. The lowest BCUT2D eigenvalue weighted by atomic mass is 9.78. The van der Waals surface area contributed by atoms with E-state index >= 15 is 13.2 Å². The van der Waals surface area contributed by atoms with Gasteiger partial charge in [0.25, 0.3) is 5.91 Å². The number of nitrogens with one attached hydrogen (secondary N) is 2. The molecule has 5 N–H and O–H groups in total. The van der Waals surface area contributed by atoms with Gasteiger partial charge < -0.3 is 59.7 Å². The highest BCUT2D eigenvalue weighted by Gasteiger charge is 2.64. The molecule has 5 amide bonds. The minimum absolute atomic E-state index is 0.00812. The number of allylic oxidation sites excluding steroid dienone is 3. The van der Waals surface area contributed by atoms with Crippen molar-refractivity contribution in [3.63, 3.8) is 0 Å². The van der Waals surface area contributed by atoms with Gasteiger partial charge in [0.15, 0.2) is 5.78 Å². The third-order valence-electron chi connectivity index (χ3n) is 17.9. The summed E-state index contributed by atoms with van der Waals surface area (Å²) in [5.74, 6) is -7.46. The first-order chi connectivity index (χ1) is 43.1. The number of hydrogen-bond donors (Lipinski definition) is 4. The molecule has 510 valence electrons. The Labute approximate surface area is 542 Å². The van der Waals surface area contributed by atoms with Crippen molar-refractivity contribution >= 4 is 70.5 Å². The van der Waals surface area contributed by atoms with E-state index in [1.54, 1.807) is 58.9 Å². The fraction of sp³-hybridized carbons (Fsp3) is 0.627. The highest BCUT2D eigenvalue weighted by atomic mass is 35.5. The van der Waals surface area contributed by atoms with Gasteiger partial charge in [-0.15, -0.1) is 0 Å². The topological polar surface area (TPSA) is 289 Å². The van der Waals surface area contributed by atoms with E-state index < -0.39 is 138 Å². The zero-order valence-corrected chi connectivity index (χ0v) is 55.9. The molecule has 0 saturated carbocycles. The molecule has 0 radical (unpaired) electrons. The first kappa shape index (κ1) is 75.8. The molecule has 3 heterocycles. The molecule has 2 aromatic rings. The average Bonchev–Trinajstić information content (AvgIpc) is 1.56. The number of halogens is 4. The first-order valence-electron chi connectivity index (χ1n) is 31.5. The van der Waals surface area contributed by atoms with Crippen LogP contribution in [-0.4, -0.2) is 152 Å². The number of methoxy groups -OCH3 is 2. The number of urea groups is 1. The zero-order valence-electron chi connectivity index (χ0n) is 55.1. The molecule has 21 nitrogen and oxygen atoms in total. The van der Waals surface area contributed by atoms with Crippen LogP contribution in [0.3, 0.4) is 0 Å². The molecular formula is C67H93ClF3N5O16. The van der Waals surface area contributed by atoms with Gasteiger partial charge in [-0.2, -0.15) is 13.2 Å². The van der Waals surface area contributed by atoms with E-state index in [4.69, 9.17) is 45.8 Å². The van der Waals surface area contributed by atoms with Gasteiger partial charge >= 0.3 is 30.1 Å². The van der Waals surface area contributed by atoms with E-state index in [0.717, 1.165) is 29.7 Å². The molecule has 0 spiro atoms. The summed E-state index contributed by atoms with van der Waals surface area (Å²) in [6.07, 6.45) is -3.07. The molecule has 92 heavy (non-hydrogen) atoms. The number of primary amides is 1. The van der Waals surface area contributed by atoms with Crippen LogP contribution in [0, 0.1) is 23.7 Å². The van der Waals surface area contributed by atoms with Gasteiger partial charge in [-0.25, -0.2) is 9.59 Å². The van der Waals surface area contributed by atoms with E-state index in [1.165, 1.54) is 33.1 Å². The van der Waals surface area contributed by atoms with Crippen molar-refractivity contribution < 1.29 is 89.8 Å². The summed E-state index contributed by atoms with van der Waals surface area (Å²) in [6, 6.07) is 2.29. The number of rotatable bonds is 27. The number of esters is 3. The Hall–Kier alpha value is -6.89. The summed E-state index contributed by atoms with van der Waals surface area (Å²) in [4.78, 5) is 124. The largest absolute Gasteiger partial charge is 0.495 e. The van der Waals surface area contributed by atoms with Crippen LogP contribution in [0.25, 0.3) is 0 Å². The second-order valence-corrected chi connectivity index (χ2v) is 25.6. The fourth-order valence-electron chi connectivity index (χ4n) is 11.9. The third kappa shape index (κ3) is 20.1. The number of hydrogen-bond acceptors (Lipinski definition) is 16. The molecule has 2 aromatic carbocycles. The van der Waals surface area contributed by atoms with Crippen LogP contribution in [-0.2, 0) is 76.3 Å². The molecule has 2 saturated heterocycles. The Morgan fingerprint density at radius 1 is 0.978 bits per heavy atom. The quantitative estimate of drug-likeness (QED) is 0.0280. The van der Waals surface area contributed by atoms with E-state index in [1.807, 2.05) is 26.8 Å². The van der Waals surface area contributed by atoms with Gasteiger partial charge in [0.05, 0.1) is 60.9 Å². The van der Waals surface area contributed by atoms with Gasteiger partial charge in [-0.1, -0.05) is 76.1 Å². The van der Waals surface area contributed by atoms with Crippen LogP contribution in [0.5, 0.6) is 5.75 Å². The Bertz CT molecular complexity index is 3060. The van der Waals surface area contributed by atoms with Gasteiger partial charge in [-0.05, 0) is 120 Å². The number of anilines is 1. The summed E-state index contributed by atoms with van der Waals surface area (Å²) < 4.78 is 80.6. The molecule has 25 heteroatoms. The van der Waals surface area contributed by atoms with Crippen molar-refractivity contribution in [2.24, 2.45) is 29.4 Å². The van der Waals surface area contributed by atoms with Crippen LogP contribution in [0.2, 0.25) is 5.02 Å². The Morgan fingerprint density at radius 3 is 2.28 bits per heavy atom. The number of ether oxygens (including phenoxy) is 6. The molecule has 0 aliphatic carbocycles. The Kier molecular flexibility index (Phi) is 27.4. The number of nitrogens with zero attached hydrogens (tertiary/aromatic N) is 2. The van der Waals surface area contributed by atoms with Crippen molar-refractivity contribution in [3.8, 4) is 5.75 Å². The third-order valence-corrected chi connectivity index (χ3v) is 18.3. The van der Waals surface area contributed by atoms with E-state index in [0.29, 0.717) is 50.2 Å². The normalized spacial score (nSPS) is 24.2. The summed E-state index contributed by atoms with van der Waals surface area (Å²) in [7, 11) is 5.36. The number of epoxide rings is 1. The summed E-state index contributed by atoms with van der Waals surface area (Å²) >= 11 is 6.83. The number of fused-ring (bicyclic) bond motifs is 5. The summed E-state index contributed by atoms with van der Waals surface area (Å²) in [5, 5.41) is 17.2. The number of likely N-dealkylation sites (N-methyl/N-ethyl adjacent to an activating group) is 1. The number of nitrogens with two attached hydrogens (primary N) is 1. The van der Waals surface area contributed by atoms with Crippen molar-refractivity contribution in [2.75, 3.05) is 39.8 Å². The molecule has 11 atom stereocenters. The molecule has 3 aliphatic heterocycles. The smallest absolute Gasteiger partial charge is 0.417 e. The van der Waals surface area contributed by atoms with Crippen molar-refractivity contribution in [1.29, 1.82) is 0 Å². The molecular weight excluding hydrogens is 1220 g/mol. The Morgan fingerprint density at radius 2 is 1.66 bits per heavy atom. The lowest BCUT2D eigenvalue weighted by Crippen LogP contribution is -2.53. The molecule has 2 fully saturated rings. The number of Topliss-reactive ketones (excluding diaryl/α,β-unsaturated/α-hetero) is 2. The number of alkyl halides is 3. The van der Waals surface area contributed by atoms with Gasteiger partial charge in [-0.3, -0.25) is 33.6 Å². The SMILES string of the molecule is CCC(CC)C(=O)OC(C)CCCCC(=O)C[C@H](C(=O)N[C@@H](CCCNC(N)=O)C(=O)Cc1ccc(C(=O)N(C)[C@@H](C)C(=O)O[C@H]2CC(=O)N(C)c3cc(cc(OC)c3Cl)C/C(C)=C/C=C/[C@@H](OC)[C@]3(O)CC(=O)O[C@@H](C3)[C@@H](C)[C@@H]3O[C@@]23C)c(C(F)(F)F)c1)C(C)C. The van der Waals surface area contributed by atoms with Gasteiger partial charge in [0, 0.05) is 65.3 Å². The predicted octanol–water partition coefficient (Wildman–Crippen LogP) is 9.30. The standard InChI is InChI=1S/C67H93ClF3N5O16/c1-14-44(15-2)63(84)89-39(6)21-16-17-22-45(77)33-47(37(3)4)60(81)74-49(23-19-27-73-64(72)85)51(78)31-42-25-26-46(48(29-42)67(69,70)71)61(82)75(10)41(8)62(83)91-55-34-56(79)76(11)50-30-43(32-52(87-12)58(50)68)28-38(5)20-18-24-54(88-13)66(86)35-53(90-57(80)36-66)40(7)59-65(55,9)92-59/h18,20,24-26,29-30,32,37,39-41,44,47,49,53-55,59,86H,14-17,19,21-23,27-28,31,33-36H2,1-13H3,(H,74,81)(H3,72,73,85)/b24-18+,38-20+/t39?,40-,41+,47+,49+,53+,54-,55+,59+,65+,66-/m1/s1. The monoisotopic (exact) mass is 1320 g/mol. The first-order valence-corrected chi connectivity index (χ1v) is 31.9. The summed E-state index contributed by atoms with van der Waals surface area (Å²) in [5.41, 5.74) is 1.27. The molecule has 1 unspecified atom stereocenters. The number of aliphatic hydroxyl groups is 1. The molecule has 0 aromatic heterocycles. The lowest BCUT2D eigenvalue weighted by molar-refractivity contribution is -0.187. The zero-order chi connectivity index (χ0) is 68.7. The van der Waals surface area contributed by atoms with Crippen LogP contribution < -0.4 is 26.0 Å². The maximum atomic E-state index is 15.2. The number of carbonyl (C=O) groups excluding carboxylic acids is 9. The molecule has 5 rings (SSSR count). The fourth-order valence-corrected chi connectivity index (χ4v) is 12.2. The minimum Gasteiger partial charge on any atom is -0.495 e. The number of ketones is 2. The van der Waals surface area contributed by atoms with E-state index in [2.05, 4.69) is 10.6 Å². The molecule has 4 bridgehead atoms. The maximum Gasteiger partial charge on any atom is 0.417 e. The number of unbranched alkanes of at least 4 members (excludes halogenated alkanes) is 1. The molecule has 3 aliphatic rings. The van der Waals surface area contributed by atoms with Crippen LogP contribution in [0.4, 0.5) is 23.7 Å². The van der Waals surface area contributed by atoms with E-state index in [9.17, 15) is 48.3 Å². The van der Waals surface area contributed by atoms with Gasteiger partial charge in [0.1, 0.15) is 52.1 Å². The van der Waals surface area contributed by atoms with E-state index in [-0.39, 0.29) is 90.4 Å². The van der Waals surface area contributed by atoms with Crippen molar-refractivity contribution in [2.45, 2.75) is 212 Å². The highest BCUT2D eigenvalue weighted by Crippen LogP contribution is 2.50.